The van der Waals surface area contributed by atoms with Gasteiger partial charge in [0.25, 0.3) is 16.6 Å². The van der Waals surface area contributed by atoms with E-state index >= 15 is 0 Å². The van der Waals surface area contributed by atoms with Gasteiger partial charge >= 0.3 is 0 Å². The summed E-state index contributed by atoms with van der Waals surface area (Å²) >= 11 is 0. The zero-order valence-corrected chi connectivity index (χ0v) is 24.0. The lowest BCUT2D eigenvalue weighted by Crippen LogP contribution is -2.45. The average Bonchev–Trinajstić information content (AvgIpc) is 3.05. The van der Waals surface area contributed by atoms with Crippen molar-refractivity contribution in [3.63, 3.8) is 0 Å². The molecule has 32 heavy (non-hydrogen) atoms. The topological polar surface area (TPSA) is 59.0 Å². The first-order valence-corrected chi connectivity index (χ1v) is 17.7. The Morgan fingerprint density at radius 1 is 1.00 bits per heavy atom. The standard InChI is InChI=1S/C25H45NO4Si2/c1-24(2,3)31(7,8)29-21-13-11-19(12-14-23(28)26-16-15-20(27)18-26)17-22(21)30-32(9,10)25(4,5)6/h11,13,17,20,27H,12,14-16,18H2,1-10H3. The molecule has 5 nitrogen and oxygen atoms in total. The molecular formula is C25H45NO4Si2. The van der Waals surface area contributed by atoms with Crippen molar-refractivity contribution in [3.8, 4) is 11.5 Å². The molecule has 182 valence electrons. The van der Waals surface area contributed by atoms with Gasteiger partial charge in [-0.2, -0.15) is 0 Å². The van der Waals surface area contributed by atoms with Crippen molar-refractivity contribution >= 4 is 22.5 Å². The first-order valence-electron chi connectivity index (χ1n) is 11.9. The summed E-state index contributed by atoms with van der Waals surface area (Å²) in [6.45, 7) is 23.5. The van der Waals surface area contributed by atoms with E-state index in [1.54, 1.807) is 4.90 Å². The van der Waals surface area contributed by atoms with Gasteiger partial charge in [0.2, 0.25) is 5.91 Å². The number of likely N-dealkylation sites (tertiary alicyclic amines) is 1. The van der Waals surface area contributed by atoms with Crippen LogP contribution in [0.5, 0.6) is 11.5 Å². The highest BCUT2D eigenvalue weighted by molar-refractivity contribution is 6.75. The lowest BCUT2D eigenvalue weighted by molar-refractivity contribution is -0.130. The van der Waals surface area contributed by atoms with Gasteiger partial charge in [0, 0.05) is 19.5 Å². The third-order valence-electron chi connectivity index (χ3n) is 7.49. The van der Waals surface area contributed by atoms with E-state index in [2.05, 4.69) is 79.9 Å². The number of amides is 1. The number of aryl methyl sites for hydroxylation is 1. The molecule has 0 aliphatic carbocycles. The third-order valence-corrected chi connectivity index (χ3v) is 16.2. The van der Waals surface area contributed by atoms with Crippen LogP contribution in [-0.2, 0) is 11.2 Å². The first-order chi connectivity index (χ1) is 14.4. The van der Waals surface area contributed by atoms with E-state index in [9.17, 15) is 9.90 Å². The van der Waals surface area contributed by atoms with E-state index in [0.717, 1.165) is 17.1 Å². The van der Waals surface area contributed by atoms with Gasteiger partial charge in [-0.05, 0) is 66.8 Å². The summed E-state index contributed by atoms with van der Waals surface area (Å²) in [5.74, 6) is 1.73. The van der Waals surface area contributed by atoms with E-state index in [1.807, 2.05) is 6.07 Å². The van der Waals surface area contributed by atoms with Crippen LogP contribution in [0.3, 0.4) is 0 Å². The van der Waals surface area contributed by atoms with E-state index in [0.29, 0.717) is 32.4 Å². The third kappa shape index (κ3) is 6.61. The second kappa shape index (κ2) is 9.51. The fourth-order valence-corrected chi connectivity index (χ4v) is 5.15. The van der Waals surface area contributed by atoms with Crippen molar-refractivity contribution in [2.45, 2.75) is 103 Å². The molecule has 0 radical (unpaired) electrons. The maximum absolute atomic E-state index is 12.5. The van der Waals surface area contributed by atoms with Gasteiger partial charge in [-0.1, -0.05) is 47.6 Å². The number of hydrogen-bond acceptors (Lipinski definition) is 4. The van der Waals surface area contributed by atoms with E-state index in [-0.39, 0.29) is 22.1 Å². The highest BCUT2D eigenvalue weighted by Gasteiger charge is 2.42. The Morgan fingerprint density at radius 3 is 2.00 bits per heavy atom. The van der Waals surface area contributed by atoms with Gasteiger partial charge in [0.15, 0.2) is 0 Å². The van der Waals surface area contributed by atoms with E-state index in [1.165, 1.54) is 0 Å². The molecule has 7 heteroatoms. The molecular weight excluding hydrogens is 434 g/mol. The summed E-state index contributed by atoms with van der Waals surface area (Å²) in [6.07, 6.45) is 1.39. The number of β-amino-alcohol motifs (C(OH)–C–C–N with tert-alkyl or cyclic N) is 1. The van der Waals surface area contributed by atoms with Crippen LogP contribution in [0.2, 0.25) is 36.3 Å². The Bertz CT molecular complexity index is 809. The van der Waals surface area contributed by atoms with Gasteiger partial charge in [-0.15, -0.1) is 0 Å². The zero-order valence-electron chi connectivity index (χ0n) is 22.0. The highest BCUT2D eigenvalue weighted by atomic mass is 28.4. The van der Waals surface area contributed by atoms with Crippen molar-refractivity contribution < 1.29 is 18.8 Å². The number of carbonyl (C=O) groups excluding carboxylic acids is 1. The number of benzene rings is 1. The smallest absolute Gasteiger partial charge is 0.250 e. The SMILES string of the molecule is CC(C)(C)[Si](C)(C)Oc1ccc(CCC(=O)N2CCC(O)C2)cc1O[Si](C)(C)C(C)(C)C. The summed E-state index contributed by atoms with van der Waals surface area (Å²) in [6, 6.07) is 6.17. The molecule has 1 N–H and O–H groups in total. The average molecular weight is 480 g/mol. The van der Waals surface area contributed by atoms with Gasteiger partial charge in [-0.3, -0.25) is 4.79 Å². The molecule has 1 amide bonds. The predicted molar refractivity (Wildman–Crippen MR) is 138 cm³/mol. The van der Waals surface area contributed by atoms with Crippen LogP contribution >= 0.6 is 0 Å². The normalized spacial score (nSPS) is 18.1. The molecule has 1 heterocycles. The minimum Gasteiger partial charge on any atom is -0.541 e. The highest BCUT2D eigenvalue weighted by Crippen LogP contribution is 2.43. The Hall–Kier alpha value is -1.32. The van der Waals surface area contributed by atoms with Crippen LogP contribution in [0, 0.1) is 0 Å². The Balaban J connectivity index is 2.27. The fraction of sp³-hybridized carbons (Fsp3) is 0.720. The summed E-state index contributed by atoms with van der Waals surface area (Å²) in [4.78, 5) is 14.3. The minimum atomic E-state index is -2.06. The van der Waals surface area contributed by atoms with Crippen molar-refractivity contribution in [3.05, 3.63) is 23.8 Å². The summed E-state index contributed by atoms with van der Waals surface area (Å²) in [7, 11) is -4.09. The first kappa shape index (κ1) is 26.9. The number of rotatable bonds is 7. The second-order valence-corrected chi connectivity index (χ2v) is 21.7. The Kier molecular flexibility index (Phi) is 8.00. The number of nitrogens with zero attached hydrogens (tertiary/aromatic N) is 1. The molecule has 1 saturated heterocycles. The van der Waals surface area contributed by atoms with Gasteiger partial charge in [-0.25, -0.2) is 0 Å². The molecule has 0 aromatic heterocycles. The van der Waals surface area contributed by atoms with Gasteiger partial charge < -0.3 is 18.9 Å². The molecule has 2 rings (SSSR count). The van der Waals surface area contributed by atoms with Crippen molar-refractivity contribution in [2.75, 3.05) is 13.1 Å². The van der Waals surface area contributed by atoms with Crippen LogP contribution in [-0.4, -0.2) is 51.7 Å². The fourth-order valence-electron chi connectivity index (χ4n) is 3.11. The lowest BCUT2D eigenvalue weighted by Gasteiger charge is -2.39. The minimum absolute atomic E-state index is 0.0732. The van der Waals surface area contributed by atoms with Crippen LogP contribution in [0.1, 0.15) is 59.9 Å². The van der Waals surface area contributed by atoms with Gasteiger partial charge in [0.05, 0.1) is 6.10 Å². The van der Waals surface area contributed by atoms with Gasteiger partial charge in [0.1, 0.15) is 11.5 Å². The summed E-state index contributed by atoms with van der Waals surface area (Å²) in [5.41, 5.74) is 1.08. The maximum atomic E-state index is 12.5. The monoisotopic (exact) mass is 479 g/mol. The lowest BCUT2D eigenvalue weighted by atomic mass is 10.1. The molecule has 0 spiro atoms. The van der Waals surface area contributed by atoms with E-state index < -0.39 is 16.6 Å². The maximum Gasteiger partial charge on any atom is 0.250 e. The molecule has 1 aromatic carbocycles. The van der Waals surface area contributed by atoms with Crippen LogP contribution in [0.4, 0.5) is 0 Å². The van der Waals surface area contributed by atoms with Crippen molar-refractivity contribution in [1.82, 2.24) is 4.90 Å². The van der Waals surface area contributed by atoms with Crippen LogP contribution in [0.25, 0.3) is 0 Å². The summed E-state index contributed by atoms with van der Waals surface area (Å²) < 4.78 is 13.4. The molecule has 1 aliphatic heterocycles. The quantitative estimate of drug-likeness (QED) is 0.489. The molecule has 1 atom stereocenters. The summed E-state index contributed by atoms with van der Waals surface area (Å²) in [5, 5.41) is 9.87. The van der Waals surface area contributed by atoms with Crippen molar-refractivity contribution in [1.29, 1.82) is 0 Å². The second-order valence-electron chi connectivity index (χ2n) is 12.3. The number of hydrogen-bond donors (Lipinski definition) is 1. The molecule has 0 bridgehead atoms. The predicted octanol–water partition coefficient (Wildman–Crippen LogP) is 5.98. The molecule has 1 fully saturated rings. The number of carbonyl (C=O) groups is 1. The Morgan fingerprint density at radius 2 is 1.53 bits per heavy atom. The van der Waals surface area contributed by atoms with Crippen molar-refractivity contribution in [2.24, 2.45) is 0 Å². The molecule has 1 aromatic rings. The largest absolute Gasteiger partial charge is 0.541 e. The zero-order chi connectivity index (χ0) is 24.5. The Labute approximate surface area is 197 Å². The molecule has 1 aliphatic rings. The van der Waals surface area contributed by atoms with Crippen LogP contribution < -0.4 is 8.85 Å². The molecule has 1 unspecified atom stereocenters. The van der Waals surface area contributed by atoms with Crippen LogP contribution in [0.15, 0.2) is 18.2 Å². The molecule has 0 saturated carbocycles. The van der Waals surface area contributed by atoms with E-state index in [4.69, 9.17) is 8.85 Å². The number of aliphatic hydroxyl groups is 1. The number of aliphatic hydroxyl groups excluding tert-OH is 1.